The first kappa shape index (κ1) is 18.6. The van der Waals surface area contributed by atoms with Gasteiger partial charge < -0.3 is 24.8 Å². The first-order valence-electron chi connectivity index (χ1n) is 8.96. The van der Waals surface area contributed by atoms with E-state index in [1.165, 1.54) is 30.7 Å². The lowest BCUT2D eigenvalue weighted by Crippen LogP contribution is -1.99. The van der Waals surface area contributed by atoms with Crippen molar-refractivity contribution in [2.75, 3.05) is 6.61 Å². The van der Waals surface area contributed by atoms with Gasteiger partial charge in [-0.05, 0) is 36.8 Å². The van der Waals surface area contributed by atoms with E-state index in [1.54, 1.807) is 12.1 Å². The summed E-state index contributed by atoms with van der Waals surface area (Å²) in [6.07, 6.45) is 5.78. The van der Waals surface area contributed by atoms with Crippen LogP contribution in [0.2, 0.25) is 0 Å². The van der Waals surface area contributed by atoms with Crippen LogP contribution in [0.3, 0.4) is 0 Å². The topological polar surface area (TPSA) is 96.2 Å². The molecule has 0 bridgehead atoms. The first-order valence-corrected chi connectivity index (χ1v) is 8.96. The number of unbranched alkanes of at least 4 members (excludes halogenated alkanes) is 3. The molecule has 0 aromatic heterocycles. The zero-order valence-electron chi connectivity index (χ0n) is 15.1. The van der Waals surface area contributed by atoms with Gasteiger partial charge in [-0.2, -0.15) is 0 Å². The predicted molar refractivity (Wildman–Crippen MR) is 100 cm³/mol. The SMILES string of the molecule is CCCCCCOc1ccc(/C=C2\Oc3c(ccc(O)c3O)C2=O)c(O)c1. The van der Waals surface area contributed by atoms with Crippen molar-refractivity contribution in [1.82, 2.24) is 0 Å². The molecule has 27 heavy (non-hydrogen) atoms. The molecular weight excluding hydrogens is 348 g/mol. The number of ether oxygens (including phenoxy) is 2. The van der Waals surface area contributed by atoms with Crippen molar-refractivity contribution in [3.8, 4) is 28.7 Å². The largest absolute Gasteiger partial charge is 0.507 e. The van der Waals surface area contributed by atoms with Crippen LogP contribution in [-0.2, 0) is 0 Å². The number of hydrogen-bond donors (Lipinski definition) is 3. The van der Waals surface area contributed by atoms with Crippen LogP contribution in [0, 0.1) is 0 Å². The van der Waals surface area contributed by atoms with Gasteiger partial charge in [0.2, 0.25) is 11.5 Å². The molecule has 1 aliphatic heterocycles. The summed E-state index contributed by atoms with van der Waals surface area (Å²) in [7, 11) is 0. The molecule has 0 aliphatic carbocycles. The second-order valence-electron chi connectivity index (χ2n) is 6.38. The van der Waals surface area contributed by atoms with Gasteiger partial charge in [0.15, 0.2) is 17.3 Å². The maximum atomic E-state index is 12.4. The summed E-state index contributed by atoms with van der Waals surface area (Å²) in [5.74, 6) is -0.918. The van der Waals surface area contributed by atoms with Gasteiger partial charge in [0.25, 0.3) is 0 Å². The molecule has 0 spiro atoms. The van der Waals surface area contributed by atoms with E-state index < -0.39 is 11.5 Å². The normalized spacial score (nSPS) is 14.3. The summed E-state index contributed by atoms with van der Waals surface area (Å²) in [5, 5.41) is 29.6. The van der Waals surface area contributed by atoms with Crippen LogP contribution in [-0.4, -0.2) is 27.7 Å². The second-order valence-corrected chi connectivity index (χ2v) is 6.38. The van der Waals surface area contributed by atoms with E-state index in [2.05, 4.69) is 6.92 Å². The fraction of sp³-hybridized carbons (Fsp3) is 0.286. The average Bonchev–Trinajstić information content (AvgIpc) is 2.97. The predicted octanol–water partition coefficient (Wildman–Crippen LogP) is 4.38. The number of carbonyl (C=O) groups excluding carboxylic acids is 1. The number of Topliss-reactive ketones (excluding diaryl/α,β-unsaturated/α-hetero) is 1. The zero-order valence-corrected chi connectivity index (χ0v) is 15.1. The molecule has 2 aromatic rings. The summed E-state index contributed by atoms with van der Waals surface area (Å²) >= 11 is 0. The number of phenols is 3. The average molecular weight is 370 g/mol. The number of aromatic hydroxyl groups is 3. The van der Waals surface area contributed by atoms with Gasteiger partial charge in [-0.3, -0.25) is 4.79 Å². The summed E-state index contributed by atoms with van der Waals surface area (Å²) in [6, 6.07) is 7.43. The molecule has 0 atom stereocenters. The number of rotatable bonds is 7. The van der Waals surface area contributed by atoms with Crippen molar-refractivity contribution in [2.24, 2.45) is 0 Å². The van der Waals surface area contributed by atoms with E-state index in [9.17, 15) is 20.1 Å². The van der Waals surface area contributed by atoms with Gasteiger partial charge in [0, 0.05) is 11.6 Å². The number of ketones is 1. The van der Waals surface area contributed by atoms with Crippen molar-refractivity contribution >= 4 is 11.9 Å². The molecular formula is C21H22O6. The molecule has 3 N–H and O–H groups in total. The summed E-state index contributed by atoms with van der Waals surface area (Å²) < 4.78 is 11.0. The minimum atomic E-state index is -0.486. The highest BCUT2D eigenvalue weighted by Crippen LogP contribution is 2.44. The Labute approximate surface area is 157 Å². The van der Waals surface area contributed by atoms with Crippen LogP contribution in [0.15, 0.2) is 36.1 Å². The van der Waals surface area contributed by atoms with Gasteiger partial charge in [0.1, 0.15) is 11.5 Å². The van der Waals surface area contributed by atoms with Gasteiger partial charge in [0.05, 0.1) is 12.2 Å². The molecule has 142 valence electrons. The lowest BCUT2D eigenvalue weighted by Gasteiger charge is -2.08. The first-order chi connectivity index (χ1) is 13.0. The standard InChI is InChI=1S/C21H22O6/c1-2-3-4-5-10-26-14-7-6-13(17(23)12-14)11-18-19(24)15-8-9-16(22)20(25)21(15)27-18/h6-9,11-12,22-23,25H,2-5,10H2,1H3/b18-11-. The minimum Gasteiger partial charge on any atom is -0.507 e. The fourth-order valence-corrected chi connectivity index (χ4v) is 2.82. The highest BCUT2D eigenvalue weighted by molar-refractivity contribution is 6.15. The minimum absolute atomic E-state index is 0.0468. The summed E-state index contributed by atoms with van der Waals surface area (Å²) in [4.78, 5) is 12.4. The van der Waals surface area contributed by atoms with Crippen molar-refractivity contribution in [2.45, 2.75) is 32.6 Å². The number of phenolic OH excluding ortho intramolecular Hbond substituents is 3. The molecule has 6 nitrogen and oxygen atoms in total. The van der Waals surface area contributed by atoms with Gasteiger partial charge in [-0.25, -0.2) is 0 Å². The van der Waals surface area contributed by atoms with E-state index >= 15 is 0 Å². The van der Waals surface area contributed by atoms with Gasteiger partial charge in [-0.1, -0.05) is 26.2 Å². The highest BCUT2D eigenvalue weighted by atomic mass is 16.5. The third-order valence-electron chi connectivity index (χ3n) is 4.35. The van der Waals surface area contributed by atoms with Gasteiger partial charge >= 0.3 is 0 Å². The third-order valence-corrected chi connectivity index (χ3v) is 4.35. The maximum Gasteiger partial charge on any atom is 0.232 e. The Hall–Kier alpha value is -3.15. The second kappa shape index (κ2) is 8.03. The number of carbonyl (C=O) groups is 1. The molecule has 0 unspecified atom stereocenters. The van der Waals surface area contributed by atoms with Crippen molar-refractivity contribution in [3.05, 3.63) is 47.2 Å². The Balaban J connectivity index is 1.72. The number of fused-ring (bicyclic) bond motifs is 1. The number of allylic oxidation sites excluding steroid dienone is 1. The number of benzene rings is 2. The molecule has 6 heteroatoms. The molecule has 0 fully saturated rings. The van der Waals surface area contributed by atoms with E-state index in [0.29, 0.717) is 17.9 Å². The van der Waals surface area contributed by atoms with Crippen molar-refractivity contribution in [1.29, 1.82) is 0 Å². The third kappa shape index (κ3) is 4.00. The van der Waals surface area contributed by atoms with Crippen LogP contribution in [0.5, 0.6) is 28.7 Å². The molecule has 2 aromatic carbocycles. The van der Waals surface area contributed by atoms with Crippen LogP contribution in [0.1, 0.15) is 48.5 Å². The molecule has 1 heterocycles. The molecule has 3 rings (SSSR count). The Morgan fingerprint density at radius 1 is 1.04 bits per heavy atom. The molecule has 1 aliphatic rings. The van der Waals surface area contributed by atoms with E-state index in [0.717, 1.165) is 19.3 Å². The van der Waals surface area contributed by atoms with Crippen LogP contribution >= 0.6 is 0 Å². The smallest absolute Gasteiger partial charge is 0.232 e. The molecule has 0 saturated carbocycles. The lowest BCUT2D eigenvalue weighted by molar-refractivity contribution is 0.101. The Bertz CT molecular complexity index is 884. The molecule has 0 amide bonds. The summed E-state index contributed by atoms with van der Waals surface area (Å²) in [6.45, 7) is 2.73. The fourth-order valence-electron chi connectivity index (χ4n) is 2.82. The quantitative estimate of drug-likeness (QED) is 0.380. The Kier molecular flexibility index (Phi) is 5.54. The Morgan fingerprint density at radius 3 is 2.59 bits per heavy atom. The number of hydrogen-bond acceptors (Lipinski definition) is 6. The zero-order chi connectivity index (χ0) is 19.4. The van der Waals surface area contributed by atoms with E-state index in [4.69, 9.17) is 9.47 Å². The van der Waals surface area contributed by atoms with E-state index in [-0.39, 0.29) is 28.6 Å². The van der Waals surface area contributed by atoms with E-state index in [1.807, 2.05) is 0 Å². The lowest BCUT2D eigenvalue weighted by atomic mass is 10.1. The van der Waals surface area contributed by atoms with Crippen LogP contribution in [0.4, 0.5) is 0 Å². The van der Waals surface area contributed by atoms with Crippen molar-refractivity contribution in [3.63, 3.8) is 0 Å². The summed E-state index contributed by atoms with van der Waals surface area (Å²) in [5.41, 5.74) is 0.538. The van der Waals surface area contributed by atoms with Crippen molar-refractivity contribution < 1.29 is 29.6 Å². The molecule has 0 radical (unpaired) electrons. The Morgan fingerprint density at radius 2 is 1.85 bits per heavy atom. The van der Waals surface area contributed by atoms with Gasteiger partial charge in [-0.15, -0.1) is 0 Å². The van der Waals surface area contributed by atoms with Crippen LogP contribution < -0.4 is 9.47 Å². The van der Waals surface area contributed by atoms with Crippen LogP contribution in [0.25, 0.3) is 6.08 Å². The monoisotopic (exact) mass is 370 g/mol. The molecule has 0 saturated heterocycles. The highest BCUT2D eigenvalue weighted by Gasteiger charge is 2.31. The maximum absolute atomic E-state index is 12.4.